The minimum Gasteiger partial charge on any atom is -0.504 e. The summed E-state index contributed by atoms with van der Waals surface area (Å²) in [5.74, 6) is -1.29. The number of amides is 1. The Kier molecular flexibility index (Phi) is 6.58. The first kappa shape index (κ1) is 22.6. The molecule has 3 heterocycles. The van der Waals surface area contributed by atoms with E-state index in [9.17, 15) is 19.5 Å². The van der Waals surface area contributed by atoms with Crippen LogP contribution in [0.4, 0.5) is 10.5 Å². The Balaban J connectivity index is 1.49. The number of nitrogens with zero attached hydrogens (tertiary/aromatic N) is 3. The summed E-state index contributed by atoms with van der Waals surface area (Å²) in [4.78, 5) is 37.6. The first-order chi connectivity index (χ1) is 16.4. The second-order valence-corrected chi connectivity index (χ2v) is 7.42. The Bertz CT molecular complexity index is 1380. The summed E-state index contributed by atoms with van der Waals surface area (Å²) in [6.45, 7) is 1.71. The molecule has 0 saturated carbocycles. The number of carbonyl (C=O) groups is 2. The molecule has 1 unspecified atom stereocenters. The zero-order valence-corrected chi connectivity index (χ0v) is 18.2. The second kappa shape index (κ2) is 9.90. The van der Waals surface area contributed by atoms with Gasteiger partial charge < -0.3 is 19.9 Å². The maximum Gasteiger partial charge on any atom is 0.514 e. The van der Waals surface area contributed by atoms with E-state index in [0.29, 0.717) is 5.69 Å². The molecule has 0 radical (unpaired) electrons. The topological polar surface area (TPSA) is 124 Å². The number of fused-ring (bicyclic) bond motifs is 1. The van der Waals surface area contributed by atoms with Crippen molar-refractivity contribution in [2.45, 2.75) is 26.0 Å². The molecule has 0 spiro atoms. The third-order valence-electron chi connectivity index (χ3n) is 5.11. The predicted octanol–water partition coefficient (Wildman–Crippen LogP) is 3.51. The highest BCUT2D eigenvalue weighted by Crippen LogP contribution is 2.26. The molecule has 174 valence electrons. The highest BCUT2D eigenvalue weighted by atomic mass is 16.7. The largest absolute Gasteiger partial charge is 0.514 e. The number of anilines is 1. The molecular weight excluding hydrogens is 440 g/mol. The van der Waals surface area contributed by atoms with Gasteiger partial charge in [-0.05, 0) is 30.2 Å². The van der Waals surface area contributed by atoms with Gasteiger partial charge in [-0.15, -0.1) is 0 Å². The van der Waals surface area contributed by atoms with Gasteiger partial charge in [0, 0.05) is 24.1 Å². The van der Waals surface area contributed by atoms with Crippen LogP contribution in [0.2, 0.25) is 0 Å². The average Bonchev–Trinajstić information content (AvgIpc) is 3.29. The molecule has 1 amide bonds. The molecule has 1 aromatic carbocycles. The molecule has 0 aliphatic rings. The molecule has 0 saturated heterocycles. The maximum atomic E-state index is 13.0. The lowest BCUT2D eigenvalue weighted by Gasteiger charge is -2.19. The van der Waals surface area contributed by atoms with E-state index in [1.165, 1.54) is 0 Å². The van der Waals surface area contributed by atoms with Crippen LogP contribution in [-0.2, 0) is 16.1 Å². The number of pyridine rings is 2. The van der Waals surface area contributed by atoms with Crippen molar-refractivity contribution in [1.82, 2.24) is 14.2 Å². The predicted molar refractivity (Wildman–Crippen MR) is 123 cm³/mol. The first-order valence-corrected chi connectivity index (χ1v) is 10.5. The Morgan fingerprint density at radius 3 is 2.71 bits per heavy atom. The van der Waals surface area contributed by atoms with Gasteiger partial charge in [-0.25, -0.2) is 9.31 Å². The van der Waals surface area contributed by atoms with E-state index in [1.807, 2.05) is 6.07 Å². The average molecular weight is 462 g/mol. The van der Waals surface area contributed by atoms with Gasteiger partial charge in [-0.3, -0.25) is 14.2 Å². The summed E-state index contributed by atoms with van der Waals surface area (Å²) in [6.07, 6.45) is 3.67. The van der Waals surface area contributed by atoms with Crippen LogP contribution in [0.15, 0.2) is 78.0 Å². The molecular formula is C24H22N4O6. The number of carbonyl (C=O) groups excluding carboxylic acids is 2. The van der Waals surface area contributed by atoms with Crippen LogP contribution in [0.1, 0.15) is 24.9 Å². The van der Waals surface area contributed by atoms with Gasteiger partial charge in [0.1, 0.15) is 12.6 Å². The number of nitrogens with one attached hydrogen (secondary N) is 1. The quantitative estimate of drug-likeness (QED) is 0.403. The number of rotatable bonds is 7. The molecule has 3 aromatic heterocycles. The number of benzene rings is 1. The molecule has 4 aromatic rings. The number of hydrogen-bond donors (Lipinski definition) is 2. The number of aromatic hydroxyl groups is 1. The van der Waals surface area contributed by atoms with Crippen LogP contribution >= 0.6 is 0 Å². The minimum atomic E-state index is -1.06. The molecule has 0 aliphatic carbocycles. The van der Waals surface area contributed by atoms with Gasteiger partial charge in [-0.1, -0.05) is 37.3 Å². The third kappa shape index (κ3) is 5.07. The zero-order valence-electron chi connectivity index (χ0n) is 18.2. The van der Waals surface area contributed by atoms with Crippen LogP contribution in [0.3, 0.4) is 0 Å². The smallest absolute Gasteiger partial charge is 0.504 e. The fourth-order valence-electron chi connectivity index (χ4n) is 3.41. The number of hydrogen-bond acceptors (Lipinski definition) is 7. The lowest BCUT2D eigenvalue weighted by atomic mass is 10.2. The molecule has 4 rings (SSSR count). The molecule has 0 aliphatic heterocycles. The van der Waals surface area contributed by atoms with Gasteiger partial charge in [-0.2, -0.15) is 5.10 Å². The highest BCUT2D eigenvalue weighted by Gasteiger charge is 2.23. The molecule has 0 bridgehead atoms. The van der Waals surface area contributed by atoms with E-state index in [1.54, 1.807) is 66.3 Å². The van der Waals surface area contributed by atoms with Crippen LogP contribution in [-0.4, -0.2) is 31.4 Å². The molecule has 34 heavy (non-hydrogen) atoms. The maximum absolute atomic E-state index is 13.0. The van der Waals surface area contributed by atoms with Gasteiger partial charge in [0.15, 0.2) is 11.5 Å². The number of aromatic nitrogens is 3. The summed E-state index contributed by atoms with van der Waals surface area (Å²) in [7, 11) is 0. The van der Waals surface area contributed by atoms with Crippen molar-refractivity contribution < 1.29 is 24.2 Å². The van der Waals surface area contributed by atoms with E-state index in [2.05, 4.69) is 10.4 Å². The van der Waals surface area contributed by atoms with Crippen molar-refractivity contribution in [3.05, 3.63) is 89.1 Å². The molecule has 0 fully saturated rings. The summed E-state index contributed by atoms with van der Waals surface area (Å²) < 4.78 is 12.9. The molecule has 2 N–H and O–H groups in total. The normalized spacial score (nSPS) is 11.7. The van der Waals surface area contributed by atoms with E-state index in [4.69, 9.17) is 9.47 Å². The highest BCUT2D eigenvalue weighted by molar-refractivity contribution is 5.94. The van der Waals surface area contributed by atoms with E-state index in [0.717, 1.165) is 27.9 Å². The fraction of sp³-hybridized carbons (Fsp3) is 0.167. The molecule has 10 heteroatoms. The summed E-state index contributed by atoms with van der Waals surface area (Å²) >= 11 is 0. The second-order valence-electron chi connectivity index (χ2n) is 7.42. The van der Waals surface area contributed by atoms with Crippen LogP contribution < -0.4 is 15.6 Å². The van der Waals surface area contributed by atoms with Gasteiger partial charge in [0.2, 0.25) is 5.91 Å². The Labute approximate surface area is 194 Å². The van der Waals surface area contributed by atoms with Crippen molar-refractivity contribution in [1.29, 1.82) is 0 Å². The third-order valence-corrected chi connectivity index (χ3v) is 5.11. The van der Waals surface area contributed by atoms with Gasteiger partial charge >= 0.3 is 6.16 Å². The van der Waals surface area contributed by atoms with Crippen molar-refractivity contribution >= 4 is 23.3 Å². The summed E-state index contributed by atoms with van der Waals surface area (Å²) in [5, 5.41) is 17.0. The zero-order chi connectivity index (χ0) is 24.1. The lowest BCUT2D eigenvalue weighted by molar-refractivity contribution is -0.119. The summed E-state index contributed by atoms with van der Waals surface area (Å²) in [6, 6.07) is 14.2. The van der Waals surface area contributed by atoms with E-state index >= 15 is 0 Å². The van der Waals surface area contributed by atoms with Crippen molar-refractivity contribution in [3.8, 4) is 11.5 Å². The van der Waals surface area contributed by atoms with Crippen LogP contribution in [0.25, 0.3) is 5.52 Å². The van der Waals surface area contributed by atoms with E-state index < -0.39 is 29.4 Å². The molecule has 10 nitrogen and oxygen atoms in total. The standard InChI is InChI=1S/C24H22N4O6/c1-2-19(23(31)26-17-9-11-28-18(12-17)8-10-25-28)27-14-21(20(29)13-22(27)30)34-24(32)33-15-16-6-4-3-5-7-16/h3-14,19,29H,2,15H2,1H3,(H,26,31). The Morgan fingerprint density at radius 1 is 1.15 bits per heavy atom. The fourth-order valence-corrected chi connectivity index (χ4v) is 3.41. The van der Waals surface area contributed by atoms with E-state index in [-0.39, 0.29) is 18.8 Å². The first-order valence-electron chi connectivity index (χ1n) is 10.5. The molecule has 1 atom stereocenters. The Morgan fingerprint density at radius 2 is 1.94 bits per heavy atom. The number of ether oxygens (including phenoxy) is 2. The Hall–Kier alpha value is -4.60. The van der Waals surface area contributed by atoms with Crippen LogP contribution in [0, 0.1) is 0 Å². The monoisotopic (exact) mass is 462 g/mol. The SMILES string of the molecule is CCC(C(=O)Nc1ccn2nccc2c1)n1cc(OC(=O)OCc2ccccc2)c(O)cc1=O. The van der Waals surface area contributed by atoms with Crippen molar-refractivity contribution in [2.24, 2.45) is 0 Å². The van der Waals surface area contributed by atoms with Crippen molar-refractivity contribution in [2.75, 3.05) is 5.32 Å². The lowest BCUT2D eigenvalue weighted by Crippen LogP contribution is -2.32. The van der Waals surface area contributed by atoms with Gasteiger partial charge in [0.25, 0.3) is 5.56 Å². The van der Waals surface area contributed by atoms with Gasteiger partial charge in [0.05, 0.1) is 11.7 Å². The van der Waals surface area contributed by atoms with Crippen LogP contribution in [0.5, 0.6) is 11.5 Å². The van der Waals surface area contributed by atoms with Crippen molar-refractivity contribution in [3.63, 3.8) is 0 Å². The summed E-state index contributed by atoms with van der Waals surface area (Å²) in [5.41, 5.74) is 1.45. The minimum absolute atomic E-state index is 0.0262.